The van der Waals surface area contributed by atoms with Crippen molar-refractivity contribution in [2.24, 2.45) is 0 Å². The van der Waals surface area contributed by atoms with E-state index in [1.165, 1.54) is 17.0 Å². The standard InChI is InChI=1S/C22H23FN2O3/c1-14(2)28-12-11-25-21(26)19(16-9-7-15(3)8-10-16)20(22(25)27)24-18-6-4-5-17(23)13-18/h4-10,13-14,24H,11-12H2,1-3H3. The predicted molar refractivity (Wildman–Crippen MR) is 106 cm³/mol. The SMILES string of the molecule is Cc1ccc(C2=C(Nc3cccc(F)c3)C(=O)N(CCOC(C)C)C2=O)cc1. The highest BCUT2D eigenvalue weighted by Crippen LogP contribution is 2.30. The van der Waals surface area contributed by atoms with Crippen LogP contribution in [0.25, 0.3) is 5.57 Å². The lowest BCUT2D eigenvalue weighted by Gasteiger charge is -2.16. The van der Waals surface area contributed by atoms with E-state index >= 15 is 0 Å². The van der Waals surface area contributed by atoms with Gasteiger partial charge in [-0.05, 0) is 44.5 Å². The van der Waals surface area contributed by atoms with Gasteiger partial charge >= 0.3 is 0 Å². The summed E-state index contributed by atoms with van der Waals surface area (Å²) in [7, 11) is 0. The van der Waals surface area contributed by atoms with Crippen LogP contribution in [-0.4, -0.2) is 36.0 Å². The van der Waals surface area contributed by atoms with Crippen molar-refractivity contribution < 1.29 is 18.7 Å². The van der Waals surface area contributed by atoms with E-state index in [2.05, 4.69) is 5.32 Å². The molecule has 0 unspecified atom stereocenters. The zero-order valence-electron chi connectivity index (χ0n) is 16.2. The molecule has 0 aliphatic carbocycles. The van der Waals surface area contributed by atoms with Crippen molar-refractivity contribution in [2.75, 3.05) is 18.5 Å². The first-order chi connectivity index (χ1) is 13.4. The minimum Gasteiger partial charge on any atom is -0.377 e. The molecule has 0 radical (unpaired) electrons. The van der Waals surface area contributed by atoms with Crippen molar-refractivity contribution in [2.45, 2.75) is 26.9 Å². The minimum absolute atomic E-state index is 0.00206. The molecule has 2 aromatic rings. The molecule has 5 nitrogen and oxygen atoms in total. The van der Waals surface area contributed by atoms with E-state index < -0.39 is 11.7 Å². The molecule has 28 heavy (non-hydrogen) atoms. The summed E-state index contributed by atoms with van der Waals surface area (Å²) in [6.07, 6.45) is 0.00206. The monoisotopic (exact) mass is 382 g/mol. The molecule has 0 fully saturated rings. The van der Waals surface area contributed by atoms with Crippen LogP contribution in [0.15, 0.2) is 54.2 Å². The lowest BCUT2D eigenvalue weighted by Crippen LogP contribution is -2.35. The molecule has 1 aliphatic heterocycles. The van der Waals surface area contributed by atoms with E-state index in [9.17, 15) is 14.0 Å². The summed E-state index contributed by atoms with van der Waals surface area (Å²) >= 11 is 0. The smallest absolute Gasteiger partial charge is 0.278 e. The van der Waals surface area contributed by atoms with Gasteiger partial charge in [0.15, 0.2) is 0 Å². The molecule has 0 atom stereocenters. The third-order valence-corrected chi connectivity index (χ3v) is 4.37. The third kappa shape index (κ3) is 4.28. The summed E-state index contributed by atoms with van der Waals surface area (Å²) in [5.74, 6) is -1.27. The lowest BCUT2D eigenvalue weighted by molar-refractivity contribution is -0.137. The van der Waals surface area contributed by atoms with Gasteiger partial charge in [-0.2, -0.15) is 0 Å². The molecule has 2 amide bonds. The molecule has 0 spiro atoms. The largest absolute Gasteiger partial charge is 0.377 e. The summed E-state index contributed by atoms with van der Waals surface area (Å²) in [4.78, 5) is 27.2. The highest BCUT2D eigenvalue weighted by Gasteiger charge is 2.39. The van der Waals surface area contributed by atoms with Crippen LogP contribution in [0.5, 0.6) is 0 Å². The molecule has 1 aliphatic rings. The van der Waals surface area contributed by atoms with Crippen molar-refractivity contribution in [3.63, 3.8) is 0 Å². The number of aryl methyl sites for hydroxylation is 1. The summed E-state index contributed by atoms with van der Waals surface area (Å²) in [5.41, 5.74) is 2.50. The summed E-state index contributed by atoms with van der Waals surface area (Å²) in [6.45, 7) is 6.13. The second-order valence-corrected chi connectivity index (χ2v) is 6.93. The molecule has 1 heterocycles. The Morgan fingerprint density at radius 3 is 2.43 bits per heavy atom. The Hall–Kier alpha value is -2.99. The number of anilines is 1. The Morgan fingerprint density at radius 1 is 1.07 bits per heavy atom. The van der Waals surface area contributed by atoms with Gasteiger partial charge in [0.2, 0.25) is 0 Å². The number of nitrogens with one attached hydrogen (secondary N) is 1. The zero-order valence-corrected chi connectivity index (χ0v) is 16.2. The van der Waals surface area contributed by atoms with Crippen molar-refractivity contribution in [1.82, 2.24) is 4.90 Å². The van der Waals surface area contributed by atoms with Crippen LogP contribution in [-0.2, 0) is 14.3 Å². The molecule has 3 rings (SSSR count). The fourth-order valence-corrected chi connectivity index (χ4v) is 2.97. The van der Waals surface area contributed by atoms with Gasteiger partial charge in [-0.15, -0.1) is 0 Å². The predicted octanol–water partition coefficient (Wildman–Crippen LogP) is 3.75. The fraction of sp³-hybridized carbons (Fsp3) is 0.273. The third-order valence-electron chi connectivity index (χ3n) is 4.37. The number of amides is 2. The molecule has 1 N–H and O–H groups in total. The molecule has 0 saturated carbocycles. The van der Waals surface area contributed by atoms with E-state index in [1.807, 2.05) is 32.9 Å². The molecule has 0 aromatic heterocycles. The number of rotatable bonds is 7. The summed E-state index contributed by atoms with van der Waals surface area (Å²) in [6, 6.07) is 13.1. The minimum atomic E-state index is -0.447. The molecule has 2 aromatic carbocycles. The number of hydrogen-bond acceptors (Lipinski definition) is 4. The molecule has 6 heteroatoms. The van der Waals surface area contributed by atoms with Gasteiger partial charge in [0.1, 0.15) is 11.5 Å². The number of ether oxygens (including phenoxy) is 1. The average Bonchev–Trinajstić information content (AvgIpc) is 2.87. The maximum absolute atomic E-state index is 13.6. The number of halogens is 1. The maximum atomic E-state index is 13.6. The van der Waals surface area contributed by atoms with E-state index in [0.29, 0.717) is 11.3 Å². The quantitative estimate of drug-likeness (QED) is 0.741. The number of nitrogens with zero attached hydrogens (tertiary/aromatic N) is 1. The summed E-state index contributed by atoms with van der Waals surface area (Å²) in [5, 5.41) is 2.94. The molecule has 146 valence electrons. The second kappa shape index (κ2) is 8.35. The normalized spacial score (nSPS) is 14.4. The number of carbonyl (C=O) groups excluding carboxylic acids is 2. The Balaban J connectivity index is 1.96. The maximum Gasteiger partial charge on any atom is 0.278 e. The summed E-state index contributed by atoms with van der Waals surface area (Å²) < 4.78 is 19.1. The fourth-order valence-electron chi connectivity index (χ4n) is 2.97. The van der Waals surface area contributed by atoms with Crippen LogP contribution in [0.4, 0.5) is 10.1 Å². The van der Waals surface area contributed by atoms with Gasteiger partial charge in [0, 0.05) is 5.69 Å². The Labute approximate surface area is 163 Å². The van der Waals surface area contributed by atoms with E-state index in [-0.39, 0.29) is 36.4 Å². The van der Waals surface area contributed by atoms with Gasteiger partial charge in [-0.25, -0.2) is 4.39 Å². The van der Waals surface area contributed by atoms with E-state index in [0.717, 1.165) is 5.56 Å². The zero-order chi connectivity index (χ0) is 20.3. The topological polar surface area (TPSA) is 58.6 Å². The highest BCUT2D eigenvalue weighted by molar-refractivity contribution is 6.36. The van der Waals surface area contributed by atoms with Crippen molar-refractivity contribution in [3.8, 4) is 0 Å². The Kier molecular flexibility index (Phi) is 5.90. The first kappa shape index (κ1) is 19.8. The highest BCUT2D eigenvalue weighted by atomic mass is 19.1. The van der Waals surface area contributed by atoms with Crippen LogP contribution >= 0.6 is 0 Å². The van der Waals surface area contributed by atoms with Gasteiger partial charge in [-0.3, -0.25) is 14.5 Å². The van der Waals surface area contributed by atoms with Crippen molar-refractivity contribution in [3.05, 3.63) is 71.2 Å². The molecular weight excluding hydrogens is 359 g/mol. The van der Waals surface area contributed by atoms with Gasteiger partial charge in [0.25, 0.3) is 11.8 Å². The first-order valence-electron chi connectivity index (χ1n) is 9.18. The van der Waals surface area contributed by atoms with Gasteiger partial charge in [-0.1, -0.05) is 35.9 Å². The van der Waals surface area contributed by atoms with Crippen molar-refractivity contribution in [1.29, 1.82) is 0 Å². The van der Waals surface area contributed by atoms with Crippen LogP contribution in [0, 0.1) is 12.7 Å². The Morgan fingerprint density at radius 2 is 1.79 bits per heavy atom. The number of imide groups is 1. The lowest BCUT2D eigenvalue weighted by atomic mass is 10.0. The van der Waals surface area contributed by atoms with Gasteiger partial charge < -0.3 is 10.1 Å². The first-order valence-corrected chi connectivity index (χ1v) is 9.18. The molecule has 0 saturated heterocycles. The van der Waals surface area contributed by atoms with Crippen LogP contribution in [0.1, 0.15) is 25.0 Å². The van der Waals surface area contributed by atoms with E-state index in [1.54, 1.807) is 24.3 Å². The van der Waals surface area contributed by atoms with Gasteiger partial charge in [0.05, 0.1) is 24.8 Å². The Bertz CT molecular complexity index is 920. The molecular formula is C22H23FN2O3. The van der Waals surface area contributed by atoms with Crippen molar-refractivity contribution >= 4 is 23.1 Å². The number of carbonyl (C=O) groups is 2. The number of benzene rings is 2. The van der Waals surface area contributed by atoms with E-state index in [4.69, 9.17) is 4.74 Å². The second-order valence-electron chi connectivity index (χ2n) is 6.93. The van der Waals surface area contributed by atoms with Crippen LogP contribution in [0.3, 0.4) is 0 Å². The van der Waals surface area contributed by atoms with Crippen LogP contribution in [0.2, 0.25) is 0 Å². The average molecular weight is 382 g/mol. The number of hydrogen-bond donors (Lipinski definition) is 1. The van der Waals surface area contributed by atoms with Crippen LogP contribution < -0.4 is 5.32 Å². The molecule has 0 bridgehead atoms.